The third-order valence-corrected chi connectivity index (χ3v) is 27.1. The summed E-state index contributed by atoms with van der Waals surface area (Å²) in [6.07, 6.45) is 44.0. The lowest BCUT2D eigenvalue weighted by Gasteiger charge is -2.38. The summed E-state index contributed by atoms with van der Waals surface area (Å²) in [5.41, 5.74) is 0. The van der Waals surface area contributed by atoms with Crippen LogP contribution in [-0.4, -0.2) is 95.8 Å². The number of aliphatic hydroxyl groups excluding tert-OH is 3. The van der Waals surface area contributed by atoms with Crippen molar-refractivity contribution in [1.29, 1.82) is 0 Å². The molecule has 0 saturated heterocycles. The van der Waals surface area contributed by atoms with Crippen LogP contribution in [0, 0.1) is 0 Å². The Labute approximate surface area is 451 Å². The van der Waals surface area contributed by atoms with Crippen LogP contribution in [0.4, 0.5) is 0 Å². The molecule has 0 aliphatic rings. The Morgan fingerprint density at radius 1 is 0.466 bits per heavy atom. The van der Waals surface area contributed by atoms with Crippen molar-refractivity contribution in [2.75, 3.05) is 7.11 Å². The maximum atomic E-state index is 11.7. The molecule has 6 atom stereocenters. The van der Waals surface area contributed by atoms with E-state index in [0.717, 1.165) is 25.7 Å². The third kappa shape index (κ3) is 37.4. The number of carbonyl (C=O) groups excluding carboxylic acids is 2. The monoisotopic (exact) mass is 1070 g/mol. The molecule has 0 aromatic rings. The quantitative estimate of drug-likeness (QED) is 0.0342. The first-order chi connectivity index (χ1) is 33.2. The standard InChI is InChI=1S/C39H74O5Si3.C21H32O4.CH4/c1-18-33(42-45(12,13)37(2,3)4)27-24-21-25-30-34(43-46(14,15)38(5,6)7)28-22-19-20-23-29-35(31-26-32-36(40)41-11)44-47(16,17)39(8,9)10;1-3-19(23)13-9-6-10-16-20(24)14-7-4-5-8-15-21(25)17-11-12-18(2)22;/h19-25,27-29,33-35H,18,26,30-32H2,1-17H3;4-10,13-15,19-21,23-25H,3,11-12,16-17H2,1-2H3;1H4/b20-19+,25-21-,27-24+,28-22+,29-23-;5-4+,10-6-,13-9+,14-7+,15-8-;/t33-,34+,35-;19-,20+,21-;/m11./s1. The van der Waals surface area contributed by atoms with Crippen LogP contribution in [-0.2, 0) is 27.6 Å². The number of allylic oxidation sites excluding steroid dienone is 12. The number of ketones is 1. The summed E-state index contributed by atoms with van der Waals surface area (Å²) in [7, 11) is -4.30. The number of rotatable bonds is 32. The van der Waals surface area contributed by atoms with Crippen molar-refractivity contribution in [1.82, 2.24) is 0 Å². The van der Waals surface area contributed by atoms with Gasteiger partial charge in [0.25, 0.3) is 0 Å². The van der Waals surface area contributed by atoms with Crippen LogP contribution < -0.4 is 0 Å². The van der Waals surface area contributed by atoms with Gasteiger partial charge >= 0.3 is 5.97 Å². The highest BCUT2D eigenvalue weighted by atomic mass is 28.4. The third-order valence-electron chi connectivity index (χ3n) is 13.6. The maximum absolute atomic E-state index is 11.7. The van der Waals surface area contributed by atoms with E-state index in [0.29, 0.717) is 38.5 Å². The van der Waals surface area contributed by atoms with Crippen molar-refractivity contribution >= 4 is 36.7 Å². The Morgan fingerprint density at radius 3 is 1.29 bits per heavy atom. The lowest BCUT2D eigenvalue weighted by atomic mass is 10.1. The van der Waals surface area contributed by atoms with E-state index in [-0.39, 0.29) is 52.6 Å². The fraction of sp³-hybridized carbons (Fsp3) is 0.639. The van der Waals surface area contributed by atoms with Gasteiger partial charge in [-0.05, 0) is 113 Å². The molecule has 0 heterocycles. The topological polar surface area (TPSA) is 132 Å². The van der Waals surface area contributed by atoms with Gasteiger partial charge in [0.1, 0.15) is 5.78 Å². The molecule has 9 nitrogen and oxygen atoms in total. The van der Waals surface area contributed by atoms with Crippen LogP contribution in [0.5, 0.6) is 0 Å². The van der Waals surface area contributed by atoms with E-state index in [2.05, 4.69) is 163 Å². The van der Waals surface area contributed by atoms with Crippen molar-refractivity contribution in [3.63, 3.8) is 0 Å². The average molecular weight is 1070 g/mol. The molecule has 0 radical (unpaired) electrons. The number of esters is 1. The number of Topliss-reactive ketones (excluding diaryl/α,β-unsaturated/α-hetero) is 1. The van der Waals surface area contributed by atoms with Gasteiger partial charge in [0, 0.05) is 12.8 Å². The molecule has 73 heavy (non-hydrogen) atoms. The number of aliphatic hydroxyl groups is 3. The highest BCUT2D eigenvalue weighted by molar-refractivity contribution is 6.75. The lowest BCUT2D eigenvalue weighted by molar-refractivity contribution is -0.140. The van der Waals surface area contributed by atoms with Gasteiger partial charge in [0.2, 0.25) is 0 Å². The minimum atomic E-state index is -1.96. The molecule has 0 spiro atoms. The van der Waals surface area contributed by atoms with E-state index in [9.17, 15) is 24.9 Å². The second-order valence-electron chi connectivity index (χ2n) is 23.2. The van der Waals surface area contributed by atoms with Crippen LogP contribution in [0.1, 0.15) is 155 Å². The Hall–Kier alpha value is -3.05. The summed E-state index contributed by atoms with van der Waals surface area (Å²) in [5, 5.41) is 29.2. The van der Waals surface area contributed by atoms with Crippen LogP contribution in [0.15, 0.2) is 122 Å². The van der Waals surface area contributed by atoms with Crippen molar-refractivity contribution < 1.29 is 42.9 Å². The number of hydrogen-bond donors (Lipinski definition) is 3. The minimum absolute atomic E-state index is 0. The first-order valence-electron chi connectivity index (χ1n) is 26.6. The number of methoxy groups -OCH3 is 1. The van der Waals surface area contributed by atoms with Gasteiger partial charge in [-0.15, -0.1) is 0 Å². The van der Waals surface area contributed by atoms with Gasteiger partial charge < -0.3 is 38.1 Å². The Balaban J connectivity index is -0.00000159. The summed E-state index contributed by atoms with van der Waals surface area (Å²) >= 11 is 0. The first-order valence-corrected chi connectivity index (χ1v) is 35.3. The van der Waals surface area contributed by atoms with Crippen molar-refractivity contribution in [2.45, 2.75) is 246 Å². The van der Waals surface area contributed by atoms with E-state index >= 15 is 0 Å². The van der Waals surface area contributed by atoms with Gasteiger partial charge in [-0.2, -0.15) is 0 Å². The zero-order valence-electron chi connectivity index (χ0n) is 48.9. The molecule has 0 aliphatic carbocycles. The van der Waals surface area contributed by atoms with E-state index in [4.69, 9.17) is 18.0 Å². The molecule has 0 aromatic carbocycles. The van der Waals surface area contributed by atoms with Gasteiger partial charge in [0.15, 0.2) is 25.0 Å². The molecule has 0 aliphatic heterocycles. The Kier molecular flexibility index (Phi) is 39.1. The second-order valence-corrected chi connectivity index (χ2v) is 37.5. The van der Waals surface area contributed by atoms with Gasteiger partial charge in [-0.3, -0.25) is 4.79 Å². The number of ether oxygens (including phenoxy) is 1. The summed E-state index contributed by atoms with van der Waals surface area (Å²) in [4.78, 5) is 22.5. The van der Waals surface area contributed by atoms with E-state index < -0.39 is 43.3 Å². The molecule has 0 aromatic heterocycles. The summed E-state index contributed by atoms with van der Waals surface area (Å²) in [6.45, 7) is 39.9. The number of carbonyl (C=O) groups is 2. The van der Waals surface area contributed by atoms with Crippen LogP contribution >= 0.6 is 0 Å². The van der Waals surface area contributed by atoms with Crippen molar-refractivity contribution in [3.05, 3.63) is 122 Å². The zero-order chi connectivity index (χ0) is 55.7. The Morgan fingerprint density at radius 2 is 0.836 bits per heavy atom. The van der Waals surface area contributed by atoms with E-state index in [1.165, 1.54) is 7.11 Å². The largest absolute Gasteiger partial charge is 0.469 e. The predicted molar refractivity (Wildman–Crippen MR) is 323 cm³/mol. The molecule has 0 bridgehead atoms. The molecule has 0 amide bonds. The highest BCUT2D eigenvalue weighted by Gasteiger charge is 2.40. The maximum Gasteiger partial charge on any atom is 0.305 e. The van der Waals surface area contributed by atoms with Gasteiger partial charge in [-0.25, -0.2) is 0 Å². The first kappa shape index (κ1) is 74.2. The zero-order valence-corrected chi connectivity index (χ0v) is 51.9. The molecule has 12 heteroatoms. The van der Waals surface area contributed by atoms with Crippen LogP contribution in [0.2, 0.25) is 54.4 Å². The molecule has 0 rings (SSSR count). The SMILES string of the molecule is C.CC[C@@H](O)/C=C/C=C\C[C@@H](O)/C=C/C=C/C=C\[C@@H](O)CCCC(C)=O.CC[C@H](/C=C/C=C\C[C@H](/C=C/C=C/C=C\[C@H](CCCC(=O)OC)O[Si](C)(C)C(C)(C)C)O[Si](C)(C)C(C)(C)C)O[Si](C)(C)C(C)(C)C. The smallest absolute Gasteiger partial charge is 0.305 e. The van der Waals surface area contributed by atoms with Gasteiger partial charge in [0.05, 0.1) is 43.7 Å². The van der Waals surface area contributed by atoms with Gasteiger partial charge in [-0.1, -0.05) is 205 Å². The van der Waals surface area contributed by atoms with E-state index in [1.807, 2.05) is 25.2 Å². The molecule has 0 saturated carbocycles. The average Bonchev–Trinajstić information content (AvgIpc) is 3.26. The predicted octanol–water partition coefficient (Wildman–Crippen LogP) is 16.1. The van der Waals surface area contributed by atoms with Crippen molar-refractivity contribution in [2.24, 2.45) is 0 Å². The van der Waals surface area contributed by atoms with Crippen molar-refractivity contribution in [3.8, 4) is 0 Å². The lowest BCUT2D eigenvalue weighted by Crippen LogP contribution is -2.43. The van der Waals surface area contributed by atoms with E-state index in [1.54, 1.807) is 55.5 Å². The molecule has 420 valence electrons. The molecular formula is C61H110O9Si3. The molecule has 0 unspecified atom stereocenters. The molecule has 3 N–H and O–H groups in total. The summed E-state index contributed by atoms with van der Waals surface area (Å²) in [6, 6.07) is 0. The molecular weight excluding hydrogens is 961 g/mol. The fourth-order valence-corrected chi connectivity index (χ4v) is 9.64. The van der Waals surface area contributed by atoms with Crippen LogP contribution in [0.25, 0.3) is 0 Å². The summed E-state index contributed by atoms with van der Waals surface area (Å²) in [5.74, 6) is -0.0320. The number of hydrogen-bond acceptors (Lipinski definition) is 9. The second kappa shape index (κ2) is 38.5. The highest BCUT2D eigenvalue weighted by Crippen LogP contribution is 2.40. The Bertz CT molecular complexity index is 1790. The molecule has 0 fully saturated rings. The minimum Gasteiger partial charge on any atom is -0.469 e. The fourth-order valence-electron chi connectivity index (χ4n) is 5.69. The normalized spacial score (nSPS) is 16.5. The summed E-state index contributed by atoms with van der Waals surface area (Å²) < 4.78 is 24.9. The van der Waals surface area contributed by atoms with Crippen LogP contribution in [0.3, 0.4) is 0 Å².